The number of aliphatic carboxylic acids is 1. The highest BCUT2D eigenvalue weighted by atomic mass is 32.1. The number of carboxylic acid groups (broad SMARTS) is 1. The fourth-order valence-electron chi connectivity index (χ4n) is 1.84. The molecule has 0 aliphatic heterocycles. The van der Waals surface area contributed by atoms with Crippen LogP contribution in [0, 0.1) is 5.92 Å². The van der Waals surface area contributed by atoms with Crippen molar-refractivity contribution >= 4 is 23.3 Å². The maximum atomic E-state index is 10.9. The third-order valence-electron chi connectivity index (χ3n) is 2.63. The van der Waals surface area contributed by atoms with E-state index in [1.807, 2.05) is 0 Å². The Labute approximate surface area is 89.1 Å². The normalized spacial score (nSPS) is 26.6. The van der Waals surface area contributed by atoms with Crippen LogP contribution in [-0.4, -0.2) is 29.3 Å². The Balaban J connectivity index is 2.54. The number of carbonyl (C=O) groups is 1. The lowest BCUT2D eigenvalue weighted by atomic mass is 9.84. The summed E-state index contributed by atoms with van der Waals surface area (Å²) in [6.07, 6.45) is 3.72. The Morgan fingerprint density at radius 1 is 1.43 bits per heavy atom. The topological polar surface area (TPSA) is 61.4 Å². The van der Waals surface area contributed by atoms with E-state index in [-0.39, 0.29) is 12.0 Å². The van der Waals surface area contributed by atoms with Crippen LogP contribution in [0.1, 0.15) is 25.7 Å². The highest BCUT2D eigenvalue weighted by Gasteiger charge is 2.30. The Kier molecular flexibility index (Phi) is 4.13. The number of nitrogens with one attached hydrogen (secondary N) is 2. The first-order valence-corrected chi connectivity index (χ1v) is 5.27. The molecule has 3 N–H and O–H groups in total. The molecule has 0 aromatic rings. The van der Waals surface area contributed by atoms with Crippen LogP contribution in [-0.2, 0) is 4.79 Å². The van der Waals surface area contributed by atoms with Crippen LogP contribution in [0.5, 0.6) is 0 Å². The van der Waals surface area contributed by atoms with Gasteiger partial charge < -0.3 is 15.7 Å². The summed E-state index contributed by atoms with van der Waals surface area (Å²) >= 11 is 4.96. The largest absolute Gasteiger partial charge is 0.481 e. The standard InChI is InChI=1S/C9H16N2O2S/c1-10-9(14)11-7-5-3-2-4-6(7)8(12)13/h6-7H,2-5H2,1H3,(H,12,13)(H2,10,11,14)/t6-,7-/m0/s1. The second-order valence-electron chi connectivity index (χ2n) is 3.56. The Hall–Kier alpha value is -0.840. The lowest BCUT2D eigenvalue weighted by Crippen LogP contribution is -2.47. The number of hydrogen-bond acceptors (Lipinski definition) is 2. The van der Waals surface area contributed by atoms with Crippen LogP contribution in [0.4, 0.5) is 0 Å². The van der Waals surface area contributed by atoms with E-state index >= 15 is 0 Å². The molecule has 0 heterocycles. The van der Waals surface area contributed by atoms with Crippen molar-refractivity contribution in [2.24, 2.45) is 5.92 Å². The average Bonchev–Trinajstić information content (AvgIpc) is 2.18. The molecule has 1 saturated carbocycles. The quantitative estimate of drug-likeness (QED) is 0.594. The van der Waals surface area contributed by atoms with Gasteiger partial charge in [-0.05, 0) is 25.1 Å². The maximum absolute atomic E-state index is 10.9. The zero-order chi connectivity index (χ0) is 10.6. The molecule has 1 aliphatic carbocycles. The Morgan fingerprint density at radius 2 is 2.07 bits per heavy atom. The van der Waals surface area contributed by atoms with E-state index < -0.39 is 5.97 Å². The van der Waals surface area contributed by atoms with Gasteiger partial charge in [0, 0.05) is 13.1 Å². The van der Waals surface area contributed by atoms with Gasteiger partial charge in [0.2, 0.25) is 0 Å². The number of rotatable bonds is 2. The van der Waals surface area contributed by atoms with Crippen molar-refractivity contribution in [3.8, 4) is 0 Å². The molecular weight excluding hydrogens is 200 g/mol. The van der Waals surface area contributed by atoms with Crippen LogP contribution in [0.15, 0.2) is 0 Å². The van der Waals surface area contributed by atoms with E-state index in [9.17, 15) is 4.79 Å². The van der Waals surface area contributed by atoms with Gasteiger partial charge in [0.25, 0.3) is 0 Å². The minimum absolute atomic E-state index is 0.0128. The zero-order valence-electron chi connectivity index (χ0n) is 8.25. The molecule has 1 aliphatic rings. The first-order chi connectivity index (χ1) is 6.65. The molecule has 0 aromatic carbocycles. The first kappa shape index (κ1) is 11.2. The van der Waals surface area contributed by atoms with Crippen molar-refractivity contribution < 1.29 is 9.90 Å². The van der Waals surface area contributed by atoms with Crippen molar-refractivity contribution in [3.63, 3.8) is 0 Å². The van der Waals surface area contributed by atoms with E-state index in [4.69, 9.17) is 17.3 Å². The maximum Gasteiger partial charge on any atom is 0.308 e. The molecule has 2 atom stereocenters. The molecule has 14 heavy (non-hydrogen) atoms. The molecule has 0 unspecified atom stereocenters. The highest BCUT2D eigenvalue weighted by Crippen LogP contribution is 2.24. The fourth-order valence-corrected chi connectivity index (χ4v) is 1.99. The van der Waals surface area contributed by atoms with Crippen LogP contribution in [0.25, 0.3) is 0 Å². The second-order valence-corrected chi connectivity index (χ2v) is 3.97. The molecule has 0 saturated heterocycles. The van der Waals surface area contributed by atoms with Crippen LogP contribution < -0.4 is 10.6 Å². The summed E-state index contributed by atoms with van der Waals surface area (Å²) in [4.78, 5) is 10.9. The van der Waals surface area contributed by atoms with Gasteiger partial charge in [0.1, 0.15) is 0 Å². The van der Waals surface area contributed by atoms with Gasteiger partial charge in [-0.25, -0.2) is 0 Å². The minimum atomic E-state index is -0.721. The zero-order valence-corrected chi connectivity index (χ0v) is 9.06. The predicted octanol–water partition coefficient (Wildman–Crippen LogP) is 0.724. The van der Waals surface area contributed by atoms with Crippen LogP contribution in [0.3, 0.4) is 0 Å². The predicted molar refractivity (Wildman–Crippen MR) is 58.2 cm³/mol. The minimum Gasteiger partial charge on any atom is -0.481 e. The molecule has 0 amide bonds. The lowest BCUT2D eigenvalue weighted by molar-refractivity contribution is -0.143. The molecule has 4 nitrogen and oxygen atoms in total. The lowest BCUT2D eigenvalue weighted by Gasteiger charge is -2.29. The van der Waals surface area contributed by atoms with Crippen LogP contribution in [0.2, 0.25) is 0 Å². The summed E-state index contributed by atoms with van der Waals surface area (Å²) in [6, 6.07) is -0.0128. The summed E-state index contributed by atoms with van der Waals surface area (Å²) in [5.74, 6) is -1.02. The Morgan fingerprint density at radius 3 is 2.64 bits per heavy atom. The van der Waals surface area contributed by atoms with Crippen molar-refractivity contribution in [2.75, 3.05) is 7.05 Å². The smallest absolute Gasteiger partial charge is 0.308 e. The van der Waals surface area contributed by atoms with Crippen molar-refractivity contribution in [3.05, 3.63) is 0 Å². The molecule has 0 spiro atoms. The van der Waals surface area contributed by atoms with Crippen molar-refractivity contribution in [2.45, 2.75) is 31.7 Å². The second kappa shape index (κ2) is 5.14. The van der Waals surface area contributed by atoms with E-state index in [2.05, 4.69) is 10.6 Å². The van der Waals surface area contributed by atoms with Gasteiger partial charge in [-0.2, -0.15) is 0 Å². The molecule has 0 bridgehead atoms. The van der Waals surface area contributed by atoms with Crippen LogP contribution >= 0.6 is 12.2 Å². The summed E-state index contributed by atoms with van der Waals surface area (Å²) in [7, 11) is 1.73. The number of thiocarbonyl (C=S) groups is 1. The number of carboxylic acids is 1. The summed E-state index contributed by atoms with van der Waals surface area (Å²) < 4.78 is 0. The highest BCUT2D eigenvalue weighted by molar-refractivity contribution is 7.80. The van der Waals surface area contributed by atoms with Crippen molar-refractivity contribution in [1.82, 2.24) is 10.6 Å². The van der Waals surface area contributed by atoms with Gasteiger partial charge in [-0.15, -0.1) is 0 Å². The third kappa shape index (κ3) is 2.83. The number of hydrogen-bond donors (Lipinski definition) is 3. The SMILES string of the molecule is CNC(=S)N[C@H]1CCCC[C@@H]1C(=O)O. The molecule has 1 fully saturated rings. The molecule has 80 valence electrons. The molecule has 1 rings (SSSR count). The van der Waals surface area contributed by atoms with E-state index in [1.54, 1.807) is 7.05 Å². The molecule has 5 heteroatoms. The van der Waals surface area contributed by atoms with Gasteiger partial charge in [-0.3, -0.25) is 4.79 Å². The van der Waals surface area contributed by atoms with E-state index in [0.29, 0.717) is 5.11 Å². The Bertz CT molecular complexity index is 233. The monoisotopic (exact) mass is 216 g/mol. The van der Waals surface area contributed by atoms with Gasteiger partial charge in [0.05, 0.1) is 5.92 Å². The van der Waals surface area contributed by atoms with E-state index in [1.165, 1.54) is 0 Å². The summed E-state index contributed by atoms with van der Waals surface area (Å²) in [5, 5.41) is 15.4. The molecule has 0 radical (unpaired) electrons. The van der Waals surface area contributed by atoms with Crippen molar-refractivity contribution in [1.29, 1.82) is 0 Å². The average molecular weight is 216 g/mol. The summed E-state index contributed by atoms with van der Waals surface area (Å²) in [6.45, 7) is 0. The van der Waals surface area contributed by atoms with Gasteiger partial charge >= 0.3 is 5.97 Å². The summed E-state index contributed by atoms with van der Waals surface area (Å²) in [5.41, 5.74) is 0. The first-order valence-electron chi connectivity index (χ1n) is 4.86. The van der Waals surface area contributed by atoms with Gasteiger partial charge in [0.15, 0.2) is 5.11 Å². The molecule has 0 aromatic heterocycles. The van der Waals surface area contributed by atoms with Gasteiger partial charge in [-0.1, -0.05) is 12.8 Å². The third-order valence-corrected chi connectivity index (χ3v) is 2.95. The molecular formula is C9H16N2O2S. The fraction of sp³-hybridized carbons (Fsp3) is 0.778. The van der Waals surface area contributed by atoms with E-state index in [0.717, 1.165) is 25.7 Å².